The van der Waals surface area contributed by atoms with Gasteiger partial charge in [0.1, 0.15) is 18.1 Å². The first-order chi connectivity index (χ1) is 15.8. The number of carboxylic acids is 1. The first-order valence-electron chi connectivity index (χ1n) is 11.6. The number of allylic oxidation sites excluding steroid dienone is 1. The monoisotopic (exact) mass is 451 g/mol. The van der Waals surface area contributed by atoms with Gasteiger partial charge in [-0.25, -0.2) is 0 Å². The van der Waals surface area contributed by atoms with Crippen molar-refractivity contribution in [1.82, 2.24) is 4.90 Å². The highest BCUT2D eigenvalue weighted by Crippen LogP contribution is 2.35. The molecule has 2 aromatic carbocycles. The standard InChI is InChI=1S/C27H33NO5/c1-17(29)10-19-4-5-22(26(11-19)32-3)16-33-24-8-9-25-18(2)21(7-6-20(25)12-24)13-28-14-23(15-28)27(30)31/h4-5,8-9,11-12,17,23,29H,6-7,10,13-16H2,1-3H3,(H,30,31). The Bertz CT molecular complexity index is 1050. The first-order valence-corrected chi connectivity index (χ1v) is 11.6. The molecule has 1 fully saturated rings. The van der Waals surface area contributed by atoms with Crippen molar-refractivity contribution in [3.8, 4) is 11.5 Å². The first kappa shape index (κ1) is 23.3. The number of rotatable bonds is 9. The van der Waals surface area contributed by atoms with Gasteiger partial charge in [0.2, 0.25) is 0 Å². The normalized spacial score (nSPS) is 17.3. The third kappa shape index (κ3) is 5.40. The molecule has 0 saturated carbocycles. The fourth-order valence-electron chi connectivity index (χ4n) is 4.76. The fraction of sp³-hybridized carbons (Fsp3) is 0.444. The Labute approximate surface area is 195 Å². The quantitative estimate of drug-likeness (QED) is 0.601. The Hall–Kier alpha value is -2.83. The van der Waals surface area contributed by atoms with E-state index in [1.807, 2.05) is 24.3 Å². The van der Waals surface area contributed by atoms with Gasteiger partial charge in [-0.3, -0.25) is 9.69 Å². The van der Waals surface area contributed by atoms with Gasteiger partial charge < -0.3 is 19.7 Å². The number of aryl methyl sites for hydroxylation is 1. The van der Waals surface area contributed by atoms with Gasteiger partial charge in [-0.15, -0.1) is 0 Å². The molecule has 6 heteroatoms. The highest BCUT2D eigenvalue weighted by atomic mass is 16.5. The zero-order valence-corrected chi connectivity index (χ0v) is 19.6. The van der Waals surface area contributed by atoms with Crippen LogP contribution in [0, 0.1) is 5.92 Å². The zero-order chi connectivity index (χ0) is 23.5. The second kappa shape index (κ2) is 9.98. The van der Waals surface area contributed by atoms with Crippen molar-refractivity contribution in [2.45, 2.75) is 45.8 Å². The molecule has 176 valence electrons. The number of fused-ring (bicyclic) bond motifs is 1. The van der Waals surface area contributed by atoms with Gasteiger partial charge in [0.25, 0.3) is 0 Å². The third-order valence-electron chi connectivity index (χ3n) is 6.70. The Kier molecular flexibility index (Phi) is 7.05. The SMILES string of the molecule is COc1cc(CC(C)O)ccc1COc1ccc2c(c1)CCC(CN1CC(C(=O)O)C1)=C2C. The molecular weight excluding hydrogens is 418 g/mol. The van der Waals surface area contributed by atoms with Crippen molar-refractivity contribution in [2.75, 3.05) is 26.7 Å². The summed E-state index contributed by atoms with van der Waals surface area (Å²) in [7, 11) is 1.65. The van der Waals surface area contributed by atoms with E-state index in [0.29, 0.717) is 26.1 Å². The van der Waals surface area contributed by atoms with Crippen LogP contribution < -0.4 is 9.47 Å². The van der Waals surface area contributed by atoms with Crippen LogP contribution in [-0.4, -0.2) is 53.9 Å². The maximum absolute atomic E-state index is 11.0. The molecule has 1 aliphatic heterocycles. The lowest BCUT2D eigenvalue weighted by Gasteiger charge is -2.38. The van der Waals surface area contributed by atoms with Gasteiger partial charge in [-0.2, -0.15) is 0 Å². The molecule has 1 unspecified atom stereocenters. The van der Waals surface area contributed by atoms with Gasteiger partial charge in [-0.05, 0) is 73.6 Å². The molecule has 33 heavy (non-hydrogen) atoms. The van der Waals surface area contributed by atoms with Crippen LogP contribution in [0.5, 0.6) is 11.5 Å². The summed E-state index contributed by atoms with van der Waals surface area (Å²) < 4.78 is 11.6. The maximum Gasteiger partial charge on any atom is 0.309 e. The molecule has 2 aromatic rings. The number of nitrogens with zero attached hydrogens (tertiary/aromatic N) is 1. The van der Waals surface area contributed by atoms with Crippen molar-refractivity contribution < 1.29 is 24.5 Å². The summed E-state index contributed by atoms with van der Waals surface area (Å²) in [6, 6.07) is 12.3. The minimum Gasteiger partial charge on any atom is -0.496 e. The van der Waals surface area contributed by atoms with E-state index in [0.717, 1.165) is 42.0 Å². The second-order valence-corrected chi connectivity index (χ2v) is 9.26. The van der Waals surface area contributed by atoms with Crippen LogP contribution >= 0.6 is 0 Å². The molecule has 6 nitrogen and oxygen atoms in total. The molecule has 0 amide bonds. The molecule has 1 aliphatic carbocycles. The lowest BCUT2D eigenvalue weighted by molar-refractivity contribution is -0.147. The summed E-state index contributed by atoms with van der Waals surface area (Å²) in [6.07, 6.45) is 2.16. The Morgan fingerprint density at radius 2 is 1.97 bits per heavy atom. The molecule has 0 radical (unpaired) electrons. The summed E-state index contributed by atoms with van der Waals surface area (Å²) in [5.74, 6) is 0.708. The Morgan fingerprint density at radius 3 is 2.67 bits per heavy atom. The number of benzene rings is 2. The number of aliphatic carboxylic acids is 1. The van der Waals surface area contributed by atoms with E-state index < -0.39 is 12.1 Å². The summed E-state index contributed by atoms with van der Waals surface area (Å²) in [6.45, 7) is 6.51. The number of aliphatic hydroxyl groups is 1. The van der Waals surface area contributed by atoms with Crippen LogP contribution in [0.15, 0.2) is 42.0 Å². The van der Waals surface area contributed by atoms with Crippen molar-refractivity contribution in [1.29, 1.82) is 0 Å². The number of ether oxygens (including phenoxy) is 2. The van der Waals surface area contributed by atoms with E-state index in [4.69, 9.17) is 14.6 Å². The predicted molar refractivity (Wildman–Crippen MR) is 128 cm³/mol. The zero-order valence-electron chi connectivity index (χ0n) is 19.6. The van der Waals surface area contributed by atoms with Crippen LogP contribution in [0.2, 0.25) is 0 Å². The lowest BCUT2D eigenvalue weighted by atomic mass is 9.85. The fourth-order valence-corrected chi connectivity index (χ4v) is 4.76. The number of carboxylic acid groups (broad SMARTS) is 1. The molecule has 4 rings (SSSR count). The maximum atomic E-state index is 11.0. The van der Waals surface area contributed by atoms with E-state index in [1.54, 1.807) is 14.0 Å². The second-order valence-electron chi connectivity index (χ2n) is 9.26. The Morgan fingerprint density at radius 1 is 1.18 bits per heavy atom. The van der Waals surface area contributed by atoms with Crippen LogP contribution in [0.3, 0.4) is 0 Å². The predicted octanol–water partition coefficient (Wildman–Crippen LogP) is 3.93. The van der Waals surface area contributed by atoms with Crippen molar-refractivity contribution >= 4 is 11.5 Å². The van der Waals surface area contributed by atoms with Crippen molar-refractivity contribution in [2.24, 2.45) is 5.92 Å². The number of methoxy groups -OCH3 is 1. The molecule has 0 aromatic heterocycles. The molecule has 0 spiro atoms. The summed E-state index contributed by atoms with van der Waals surface area (Å²) in [5, 5.41) is 18.7. The minimum absolute atomic E-state index is 0.213. The summed E-state index contributed by atoms with van der Waals surface area (Å²) in [5.41, 5.74) is 7.27. The van der Waals surface area contributed by atoms with Gasteiger partial charge in [0.15, 0.2) is 0 Å². The molecule has 0 bridgehead atoms. The molecule has 1 heterocycles. The van der Waals surface area contributed by atoms with E-state index in [2.05, 4.69) is 24.0 Å². The molecule has 2 aliphatic rings. The van der Waals surface area contributed by atoms with E-state index in [9.17, 15) is 9.90 Å². The van der Waals surface area contributed by atoms with Gasteiger partial charge >= 0.3 is 5.97 Å². The molecule has 1 saturated heterocycles. The van der Waals surface area contributed by atoms with Crippen molar-refractivity contribution in [3.63, 3.8) is 0 Å². The van der Waals surface area contributed by atoms with Crippen LogP contribution in [0.25, 0.3) is 5.57 Å². The molecule has 1 atom stereocenters. The van der Waals surface area contributed by atoms with Crippen molar-refractivity contribution in [3.05, 3.63) is 64.2 Å². The number of hydrogen-bond donors (Lipinski definition) is 2. The van der Waals surface area contributed by atoms with Gasteiger partial charge in [-0.1, -0.05) is 23.8 Å². The Balaban J connectivity index is 1.40. The van der Waals surface area contributed by atoms with E-state index in [-0.39, 0.29) is 5.92 Å². The molecular formula is C27H33NO5. The summed E-state index contributed by atoms with van der Waals surface area (Å²) >= 11 is 0. The van der Waals surface area contributed by atoms with Crippen LogP contribution in [0.1, 0.15) is 42.5 Å². The third-order valence-corrected chi connectivity index (χ3v) is 6.70. The number of aliphatic hydroxyl groups excluding tert-OH is 1. The topological polar surface area (TPSA) is 79.2 Å². The van der Waals surface area contributed by atoms with E-state index in [1.165, 1.54) is 22.3 Å². The van der Waals surface area contributed by atoms with Crippen LogP contribution in [-0.2, 0) is 24.2 Å². The van der Waals surface area contributed by atoms with E-state index >= 15 is 0 Å². The highest BCUT2D eigenvalue weighted by Gasteiger charge is 2.33. The highest BCUT2D eigenvalue weighted by molar-refractivity contribution is 5.73. The number of hydrogen-bond acceptors (Lipinski definition) is 5. The smallest absolute Gasteiger partial charge is 0.309 e. The van der Waals surface area contributed by atoms with Crippen LogP contribution in [0.4, 0.5) is 0 Å². The van der Waals surface area contributed by atoms with Gasteiger partial charge in [0.05, 0.1) is 19.1 Å². The summed E-state index contributed by atoms with van der Waals surface area (Å²) in [4.78, 5) is 13.3. The number of likely N-dealkylation sites (tertiary alicyclic amines) is 1. The minimum atomic E-state index is -0.688. The lowest BCUT2D eigenvalue weighted by Crippen LogP contribution is -2.50. The van der Waals surface area contributed by atoms with Gasteiger partial charge in [0, 0.05) is 25.2 Å². The average molecular weight is 452 g/mol. The largest absolute Gasteiger partial charge is 0.496 e. The number of carbonyl (C=O) groups is 1. The average Bonchev–Trinajstić information content (AvgIpc) is 2.75. The molecule has 2 N–H and O–H groups in total.